The molecule has 0 saturated carbocycles. The van der Waals surface area contributed by atoms with Crippen molar-refractivity contribution in [3.63, 3.8) is 0 Å². The predicted octanol–water partition coefficient (Wildman–Crippen LogP) is 6.12. The molecule has 4 aliphatic heterocycles. The van der Waals surface area contributed by atoms with E-state index in [-0.39, 0.29) is 34.4 Å². The summed E-state index contributed by atoms with van der Waals surface area (Å²) in [5.74, 6) is 1.92. The van der Waals surface area contributed by atoms with Crippen molar-refractivity contribution in [3.05, 3.63) is 59.3 Å². The van der Waals surface area contributed by atoms with Gasteiger partial charge in [0.05, 0.1) is 34.8 Å². The van der Waals surface area contributed by atoms with E-state index in [1.165, 1.54) is 6.07 Å². The zero-order chi connectivity index (χ0) is 30.0. The van der Waals surface area contributed by atoms with Crippen LogP contribution in [0.15, 0.2) is 36.4 Å². The molecule has 0 N–H and O–H groups in total. The first-order chi connectivity index (χ1) is 21.5. The number of rotatable bonds is 4. The third kappa shape index (κ3) is 4.19. The van der Waals surface area contributed by atoms with E-state index in [1.54, 1.807) is 18.2 Å². The molecule has 7 nitrogen and oxygen atoms in total. The Morgan fingerprint density at radius 1 is 1.02 bits per heavy atom. The van der Waals surface area contributed by atoms with Gasteiger partial charge in [-0.1, -0.05) is 36.3 Å². The van der Waals surface area contributed by atoms with E-state index in [9.17, 15) is 4.39 Å². The molecule has 224 valence electrons. The van der Waals surface area contributed by atoms with Crippen molar-refractivity contribution in [1.29, 1.82) is 0 Å². The lowest BCUT2D eigenvalue weighted by Crippen LogP contribution is -2.43. The second-order valence-electron chi connectivity index (χ2n) is 12.4. The molecule has 4 aromatic rings. The zero-order valence-corrected chi connectivity index (χ0v) is 24.7. The molecule has 2 aromatic heterocycles. The molecule has 9 heteroatoms. The summed E-state index contributed by atoms with van der Waals surface area (Å²) in [7, 11) is 0. The number of anilines is 1. The van der Waals surface area contributed by atoms with Crippen LogP contribution in [0.4, 0.5) is 14.6 Å². The molecule has 3 saturated heterocycles. The van der Waals surface area contributed by atoms with Gasteiger partial charge in [0.15, 0.2) is 5.82 Å². The summed E-state index contributed by atoms with van der Waals surface area (Å²) in [6.07, 6.45) is 13.1. The fraction of sp³-hybridized carbons (Fsp3) is 0.400. The number of benzene rings is 2. The maximum Gasteiger partial charge on any atom is 0.319 e. The minimum atomic E-state index is -0.615. The van der Waals surface area contributed by atoms with E-state index < -0.39 is 11.6 Å². The smallest absolute Gasteiger partial charge is 0.319 e. The molecule has 2 aromatic carbocycles. The minimum Gasteiger partial charge on any atom is -0.461 e. The molecule has 0 aliphatic carbocycles. The van der Waals surface area contributed by atoms with E-state index in [0.29, 0.717) is 59.6 Å². The lowest BCUT2D eigenvalue weighted by atomic mass is 9.95. The topological polar surface area (TPSA) is 63.6 Å². The Hall–Kier alpha value is -4.13. The number of halogens is 2. The number of allylic oxidation sites excluding steroid dienone is 1. The first-order valence-corrected chi connectivity index (χ1v) is 15.5. The number of hydrogen-bond acceptors (Lipinski definition) is 7. The Morgan fingerprint density at radius 3 is 2.68 bits per heavy atom. The van der Waals surface area contributed by atoms with Crippen LogP contribution in [0.2, 0.25) is 0 Å². The summed E-state index contributed by atoms with van der Waals surface area (Å²) in [6, 6.07) is 8.40. The van der Waals surface area contributed by atoms with Crippen LogP contribution in [0.25, 0.3) is 38.5 Å². The maximum absolute atomic E-state index is 17.0. The number of hydrogen-bond donors (Lipinski definition) is 0. The van der Waals surface area contributed by atoms with Crippen molar-refractivity contribution in [1.82, 2.24) is 19.9 Å². The summed E-state index contributed by atoms with van der Waals surface area (Å²) < 4.78 is 44.3. The molecular formula is C35H33F2N5O2. The Balaban J connectivity index is 1.36. The van der Waals surface area contributed by atoms with Gasteiger partial charge in [-0.3, -0.25) is 4.90 Å². The summed E-state index contributed by atoms with van der Waals surface area (Å²) in [6.45, 7) is 6.39. The molecular weight excluding hydrogens is 560 g/mol. The second kappa shape index (κ2) is 10.5. The van der Waals surface area contributed by atoms with E-state index in [2.05, 4.69) is 21.8 Å². The molecule has 0 amide bonds. The van der Waals surface area contributed by atoms with E-state index >= 15 is 4.39 Å². The van der Waals surface area contributed by atoms with Crippen LogP contribution in [-0.4, -0.2) is 70.9 Å². The highest BCUT2D eigenvalue weighted by Gasteiger charge is 2.45. The van der Waals surface area contributed by atoms with Gasteiger partial charge in [-0.2, -0.15) is 9.97 Å². The van der Waals surface area contributed by atoms with Crippen molar-refractivity contribution in [2.24, 2.45) is 0 Å². The van der Waals surface area contributed by atoms with Crippen LogP contribution >= 0.6 is 0 Å². The molecule has 8 rings (SSSR count). The highest BCUT2D eigenvalue weighted by molar-refractivity contribution is 6.05. The molecule has 0 radical (unpaired) electrons. The molecule has 0 bridgehead atoms. The van der Waals surface area contributed by atoms with Gasteiger partial charge in [0.2, 0.25) is 0 Å². The standard InChI is InChI=1S/C35H33F2N5O2/c1-3-24-26(36)11-10-22-8-4-9-25(27(22)24)31-29(37)32-28-30(38-31)21(2)18-23-19-43-17-7-16-42(23)33(28)40-34(39-32)44-20-35-12-5-14-41(35)15-6-13-35/h1,4,8-11,18,23H,5-7,12-17,19-20H2,2H3. The molecule has 0 spiro atoms. The maximum atomic E-state index is 17.0. The molecule has 44 heavy (non-hydrogen) atoms. The molecule has 3 fully saturated rings. The average molecular weight is 594 g/mol. The van der Waals surface area contributed by atoms with Crippen molar-refractivity contribution in [2.45, 2.75) is 50.6 Å². The van der Waals surface area contributed by atoms with Crippen molar-refractivity contribution in [2.75, 3.05) is 44.4 Å². The number of nitrogens with zero attached hydrogens (tertiary/aromatic N) is 5. The quantitative estimate of drug-likeness (QED) is 0.264. The zero-order valence-electron chi connectivity index (χ0n) is 24.7. The normalized spacial score (nSPS) is 21.0. The monoisotopic (exact) mass is 593 g/mol. The second-order valence-corrected chi connectivity index (χ2v) is 12.4. The highest BCUT2D eigenvalue weighted by Crippen LogP contribution is 2.43. The fourth-order valence-corrected chi connectivity index (χ4v) is 7.79. The first-order valence-electron chi connectivity index (χ1n) is 15.5. The van der Waals surface area contributed by atoms with E-state index in [1.807, 2.05) is 13.0 Å². The number of terminal acetylenes is 1. The van der Waals surface area contributed by atoms with Gasteiger partial charge in [0.25, 0.3) is 0 Å². The summed E-state index contributed by atoms with van der Waals surface area (Å²) in [5, 5.41) is 1.69. The number of pyridine rings is 1. The van der Waals surface area contributed by atoms with Crippen LogP contribution in [-0.2, 0) is 4.74 Å². The average Bonchev–Trinajstić information content (AvgIpc) is 3.50. The summed E-state index contributed by atoms with van der Waals surface area (Å²) in [4.78, 5) is 19.3. The predicted molar refractivity (Wildman–Crippen MR) is 167 cm³/mol. The minimum absolute atomic E-state index is 0.0185. The lowest BCUT2D eigenvalue weighted by molar-refractivity contribution is 0.108. The molecule has 6 heterocycles. The van der Waals surface area contributed by atoms with Crippen LogP contribution < -0.4 is 9.64 Å². The van der Waals surface area contributed by atoms with Gasteiger partial charge in [-0.15, -0.1) is 6.42 Å². The molecule has 1 unspecified atom stereocenters. The van der Waals surface area contributed by atoms with Gasteiger partial charge < -0.3 is 14.4 Å². The number of fused-ring (bicyclic) bond motifs is 4. The fourth-order valence-electron chi connectivity index (χ4n) is 7.79. The third-order valence-electron chi connectivity index (χ3n) is 9.89. The van der Waals surface area contributed by atoms with Crippen molar-refractivity contribution >= 4 is 33.1 Å². The van der Waals surface area contributed by atoms with Gasteiger partial charge in [-0.05, 0) is 69.1 Å². The summed E-state index contributed by atoms with van der Waals surface area (Å²) in [5.41, 5.74) is 2.11. The summed E-state index contributed by atoms with van der Waals surface area (Å²) >= 11 is 0. The Morgan fingerprint density at radius 2 is 1.86 bits per heavy atom. The Bertz CT molecular complexity index is 1890. The van der Waals surface area contributed by atoms with Gasteiger partial charge in [0, 0.05) is 24.1 Å². The number of aromatic nitrogens is 3. The Labute approximate surface area is 254 Å². The van der Waals surface area contributed by atoms with E-state index in [4.69, 9.17) is 30.8 Å². The van der Waals surface area contributed by atoms with Crippen LogP contribution in [0.5, 0.6) is 6.01 Å². The van der Waals surface area contributed by atoms with Crippen molar-refractivity contribution < 1.29 is 18.3 Å². The SMILES string of the molecule is C#Cc1c(F)ccc2cccc(-c3nc4c5c(nc(OCC67CCCN6CCC7)nc5c3F)N3CCCOCC3C=C4C)c12. The highest BCUT2D eigenvalue weighted by atomic mass is 19.1. The van der Waals surface area contributed by atoms with Crippen molar-refractivity contribution in [3.8, 4) is 29.6 Å². The van der Waals surface area contributed by atoms with Gasteiger partial charge >= 0.3 is 6.01 Å². The largest absolute Gasteiger partial charge is 0.461 e. The lowest BCUT2D eigenvalue weighted by Gasteiger charge is -2.32. The van der Waals surface area contributed by atoms with Gasteiger partial charge in [-0.25, -0.2) is 13.8 Å². The Kier molecular flexibility index (Phi) is 6.54. The third-order valence-corrected chi connectivity index (χ3v) is 9.89. The van der Waals surface area contributed by atoms with Crippen LogP contribution in [0.1, 0.15) is 50.3 Å². The van der Waals surface area contributed by atoms with E-state index in [0.717, 1.165) is 50.8 Å². The van der Waals surface area contributed by atoms with Crippen LogP contribution in [0.3, 0.4) is 0 Å². The molecule has 4 aliphatic rings. The van der Waals surface area contributed by atoms with Gasteiger partial charge in [0.1, 0.15) is 29.5 Å². The number of ether oxygens (including phenoxy) is 2. The molecule has 1 atom stereocenters. The van der Waals surface area contributed by atoms with Crippen LogP contribution in [0, 0.1) is 24.0 Å². The first kappa shape index (κ1) is 27.4.